The molecular weight excluding hydrogens is 335 g/mol. The summed E-state index contributed by atoms with van der Waals surface area (Å²) in [5.74, 6) is 0.426. The first-order valence-electron chi connectivity index (χ1n) is 6.68. The van der Waals surface area contributed by atoms with Gasteiger partial charge in [0.15, 0.2) is 5.96 Å². The van der Waals surface area contributed by atoms with E-state index in [1.165, 1.54) is 6.07 Å². The van der Waals surface area contributed by atoms with Crippen LogP contribution in [0.5, 0.6) is 0 Å². The van der Waals surface area contributed by atoms with Gasteiger partial charge >= 0.3 is 0 Å². The van der Waals surface area contributed by atoms with Crippen LogP contribution in [0.1, 0.15) is 5.56 Å². The maximum absolute atomic E-state index is 13.6. The van der Waals surface area contributed by atoms with Gasteiger partial charge in [-0.3, -0.25) is 4.99 Å². The highest BCUT2D eigenvalue weighted by Gasteiger charge is 2.04. The lowest BCUT2D eigenvalue weighted by molar-refractivity contribution is 0.603. The Hall–Kier alpha value is -1.82. The second-order valence-electron chi connectivity index (χ2n) is 4.51. The van der Waals surface area contributed by atoms with Crippen LogP contribution < -0.4 is 10.6 Å². The van der Waals surface area contributed by atoms with Crippen molar-refractivity contribution in [2.45, 2.75) is 13.1 Å². The van der Waals surface area contributed by atoms with Crippen LogP contribution in [0.4, 0.5) is 4.39 Å². The van der Waals surface area contributed by atoms with Crippen molar-refractivity contribution in [2.75, 3.05) is 13.6 Å². The minimum Gasteiger partial charge on any atom is -0.355 e. The van der Waals surface area contributed by atoms with E-state index in [0.29, 0.717) is 18.1 Å². The van der Waals surface area contributed by atoms with E-state index in [1.54, 1.807) is 19.2 Å². The van der Waals surface area contributed by atoms with Crippen molar-refractivity contribution >= 4 is 21.9 Å². The van der Waals surface area contributed by atoms with E-state index >= 15 is 0 Å². The fourth-order valence-corrected chi connectivity index (χ4v) is 2.31. The molecule has 112 valence electrons. The summed E-state index contributed by atoms with van der Waals surface area (Å²) < 4.78 is 16.6. The van der Waals surface area contributed by atoms with Gasteiger partial charge in [-0.1, -0.05) is 15.9 Å². The molecule has 0 bridgehead atoms. The van der Waals surface area contributed by atoms with Gasteiger partial charge in [-0.05, 0) is 30.3 Å². The molecule has 21 heavy (non-hydrogen) atoms. The van der Waals surface area contributed by atoms with E-state index < -0.39 is 0 Å². The summed E-state index contributed by atoms with van der Waals surface area (Å²) in [6.07, 6.45) is 4.02. The van der Waals surface area contributed by atoms with Crippen molar-refractivity contribution in [1.82, 2.24) is 15.2 Å². The largest absolute Gasteiger partial charge is 0.355 e. The summed E-state index contributed by atoms with van der Waals surface area (Å²) in [5, 5.41) is 6.30. The van der Waals surface area contributed by atoms with Gasteiger partial charge in [-0.25, -0.2) is 4.39 Å². The van der Waals surface area contributed by atoms with Gasteiger partial charge < -0.3 is 15.2 Å². The molecule has 0 atom stereocenters. The third-order valence-corrected chi connectivity index (χ3v) is 3.50. The third kappa shape index (κ3) is 4.90. The number of rotatable bonds is 5. The Labute approximate surface area is 132 Å². The molecule has 0 fully saturated rings. The van der Waals surface area contributed by atoms with E-state index in [1.807, 2.05) is 24.5 Å². The molecule has 0 amide bonds. The Morgan fingerprint density at radius 3 is 2.76 bits per heavy atom. The van der Waals surface area contributed by atoms with Crippen molar-refractivity contribution in [3.8, 4) is 0 Å². The molecule has 0 aliphatic rings. The van der Waals surface area contributed by atoms with E-state index in [4.69, 9.17) is 0 Å². The first-order valence-corrected chi connectivity index (χ1v) is 7.47. The summed E-state index contributed by atoms with van der Waals surface area (Å²) >= 11 is 3.34. The molecule has 1 aromatic carbocycles. The minimum atomic E-state index is -0.228. The maximum atomic E-state index is 13.6. The molecule has 0 unspecified atom stereocenters. The van der Waals surface area contributed by atoms with Gasteiger partial charge in [0.2, 0.25) is 0 Å². The lowest BCUT2D eigenvalue weighted by atomic mass is 10.2. The Bertz CT molecular complexity index is 596. The molecule has 0 radical (unpaired) electrons. The van der Waals surface area contributed by atoms with Gasteiger partial charge in [0.05, 0.1) is 0 Å². The average molecular weight is 353 g/mol. The van der Waals surface area contributed by atoms with Crippen LogP contribution in [0.15, 0.2) is 52.2 Å². The highest BCUT2D eigenvalue weighted by Crippen LogP contribution is 2.15. The Kier molecular flexibility index (Phi) is 5.80. The molecule has 4 nitrogen and oxygen atoms in total. The quantitative estimate of drug-likeness (QED) is 0.641. The predicted molar refractivity (Wildman–Crippen MR) is 86.7 cm³/mol. The number of guanidine groups is 1. The second-order valence-corrected chi connectivity index (χ2v) is 5.42. The predicted octanol–water partition coefficient (Wildman–Crippen LogP) is 2.75. The monoisotopic (exact) mass is 352 g/mol. The Morgan fingerprint density at radius 1 is 1.29 bits per heavy atom. The summed E-state index contributed by atoms with van der Waals surface area (Å²) in [7, 11) is 1.70. The molecule has 6 heteroatoms. The number of aromatic nitrogens is 1. The van der Waals surface area contributed by atoms with Crippen molar-refractivity contribution in [3.05, 3.63) is 58.6 Å². The molecule has 0 saturated carbocycles. The number of halogens is 2. The molecule has 0 spiro atoms. The van der Waals surface area contributed by atoms with Gasteiger partial charge in [-0.15, -0.1) is 0 Å². The highest BCUT2D eigenvalue weighted by molar-refractivity contribution is 9.10. The number of aliphatic imine (C=N–C) groups is 1. The SMILES string of the molecule is CN=C(NCCn1cccc1)NCc1cc(Br)ccc1F. The normalized spacial score (nSPS) is 11.5. The van der Waals surface area contributed by atoms with Crippen LogP contribution in [0.3, 0.4) is 0 Å². The zero-order valence-corrected chi connectivity index (χ0v) is 13.4. The van der Waals surface area contributed by atoms with Gasteiger partial charge in [-0.2, -0.15) is 0 Å². The lowest BCUT2D eigenvalue weighted by Gasteiger charge is -2.13. The van der Waals surface area contributed by atoms with Gasteiger partial charge in [0.1, 0.15) is 5.82 Å². The topological polar surface area (TPSA) is 41.4 Å². The molecule has 2 aromatic rings. The highest BCUT2D eigenvalue weighted by atomic mass is 79.9. The van der Waals surface area contributed by atoms with Crippen LogP contribution in [-0.4, -0.2) is 24.1 Å². The lowest BCUT2D eigenvalue weighted by Crippen LogP contribution is -2.38. The first kappa shape index (κ1) is 15.6. The molecular formula is C15H18BrFN4. The van der Waals surface area contributed by atoms with Crippen molar-refractivity contribution in [2.24, 2.45) is 4.99 Å². The summed E-state index contributed by atoms with van der Waals surface area (Å²) in [6, 6.07) is 8.87. The second kappa shape index (κ2) is 7.83. The molecule has 1 aromatic heterocycles. The maximum Gasteiger partial charge on any atom is 0.191 e. The third-order valence-electron chi connectivity index (χ3n) is 3.01. The molecule has 2 N–H and O–H groups in total. The van der Waals surface area contributed by atoms with Crippen LogP contribution in [0, 0.1) is 5.82 Å². The van der Waals surface area contributed by atoms with Crippen molar-refractivity contribution in [1.29, 1.82) is 0 Å². The van der Waals surface area contributed by atoms with E-state index in [0.717, 1.165) is 17.6 Å². The summed E-state index contributed by atoms with van der Waals surface area (Å²) in [5.41, 5.74) is 0.595. The Morgan fingerprint density at radius 2 is 2.05 bits per heavy atom. The molecule has 0 aliphatic heterocycles. The van der Waals surface area contributed by atoms with Crippen molar-refractivity contribution in [3.63, 3.8) is 0 Å². The fraction of sp³-hybridized carbons (Fsp3) is 0.267. The molecule has 0 aliphatic carbocycles. The molecule has 1 heterocycles. The van der Waals surface area contributed by atoms with Gasteiger partial charge in [0, 0.05) is 49.1 Å². The van der Waals surface area contributed by atoms with Crippen molar-refractivity contribution < 1.29 is 4.39 Å². The number of nitrogens with one attached hydrogen (secondary N) is 2. The standard InChI is InChI=1S/C15H18BrFN4/c1-18-15(19-6-9-21-7-2-3-8-21)20-11-12-10-13(16)4-5-14(12)17/h2-5,7-8,10H,6,9,11H2,1H3,(H2,18,19,20). The van der Waals surface area contributed by atoms with E-state index in [-0.39, 0.29) is 5.82 Å². The Balaban J connectivity index is 1.81. The van der Waals surface area contributed by atoms with E-state index in [9.17, 15) is 4.39 Å². The molecule has 0 saturated heterocycles. The zero-order chi connectivity index (χ0) is 15.1. The molecule has 2 rings (SSSR count). The fourth-order valence-electron chi connectivity index (χ4n) is 1.90. The van der Waals surface area contributed by atoms with E-state index in [2.05, 4.69) is 36.1 Å². The summed E-state index contributed by atoms with van der Waals surface area (Å²) in [4.78, 5) is 4.13. The first-order chi connectivity index (χ1) is 10.2. The number of nitrogens with zero attached hydrogens (tertiary/aromatic N) is 2. The van der Waals surface area contributed by atoms with Crippen LogP contribution >= 0.6 is 15.9 Å². The van der Waals surface area contributed by atoms with Crippen LogP contribution in [0.2, 0.25) is 0 Å². The number of hydrogen-bond acceptors (Lipinski definition) is 1. The average Bonchev–Trinajstić information content (AvgIpc) is 2.99. The number of hydrogen-bond donors (Lipinski definition) is 2. The zero-order valence-electron chi connectivity index (χ0n) is 11.8. The number of benzene rings is 1. The summed E-state index contributed by atoms with van der Waals surface area (Å²) in [6.45, 7) is 1.97. The van der Waals surface area contributed by atoms with Crippen LogP contribution in [-0.2, 0) is 13.1 Å². The minimum absolute atomic E-state index is 0.228. The van der Waals surface area contributed by atoms with Crippen LogP contribution in [0.25, 0.3) is 0 Å². The smallest absolute Gasteiger partial charge is 0.191 e. The van der Waals surface area contributed by atoms with Gasteiger partial charge in [0.25, 0.3) is 0 Å².